The minimum Gasteiger partial charge on any atom is -0.264 e. The van der Waals surface area contributed by atoms with Crippen LogP contribution in [-0.4, -0.2) is 27.6 Å². The quantitative estimate of drug-likeness (QED) is 0.329. The second kappa shape index (κ2) is 9.33. The van der Waals surface area contributed by atoms with Crippen LogP contribution in [0.3, 0.4) is 0 Å². The summed E-state index contributed by atoms with van der Waals surface area (Å²) < 4.78 is 0.970. The second-order valence-corrected chi connectivity index (χ2v) is 9.34. The van der Waals surface area contributed by atoms with Crippen molar-refractivity contribution in [3.63, 3.8) is 0 Å². The second-order valence-electron chi connectivity index (χ2n) is 8.43. The van der Waals surface area contributed by atoms with Gasteiger partial charge in [0.2, 0.25) is 0 Å². The number of aliphatic imine (C=N–C) groups is 1. The third-order valence-corrected chi connectivity index (χ3v) is 6.85. The van der Waals surface area contributed by atoms with Gasteiger partial charge in [0.1, 0.15) is 6.07 Å². The summed E-state index contributed by atoms with van der Waals surface area (Å²) in [7, 11) is 0. The highest BCUT2D eigenvalue weighted by molar-refractivity contribution is 9.10. The average molecular weight is 531 g/mol. The van der Waals surface area contributed by atoms with Crippen molar-refractivity contribution >= 4 is 38.6 Å². The number of allylic oxidation sites excluding steroid dienone is 1. The normalized spacial score (nSPS) is 18.8. The summed E-state index contributed by atoms with van der Waals surface area (Å²) in [5.41, 5.74) is 6.44. The number of halogens is 1. The van der Waals surface area contributed by atoms with E-state index in [1.165, 1.54) is 0 Å². The monoisotopic (exact) mass is 530 g/mol. The summed E-state index contributed by atoms with van der Waals surface area (Å²) in [6, 6.07) is 28.2. The van der Waals surface area contributed by atoms with Gasteiger partial charge in [-0.1, -0.05) is 46.3 Å². The maximum Gasteiger partial charge on any atom is 0.155 e. The lowest BCUT2D eigenvalue weighted by Gasteiger charge is -2.32. The molecule has 2 aromatic heterocycles. The lowest BCUT2D eigenvalue weighted by molar-refractivity contribution is 0.622. The number of benzene rings is 2. The molecule has 0 bridgehead atoms. The zero-order valence-electron chi connectivity index (χ0n) is 19.0. The number of hydrogen-bond donors (Lipinski definition) is 0. The van der Waals surface area contributed by atoms with Gasteiger partial charge in [-0.05, 0) is 59.7 Å². The minimum absolute atomic E-state index is 0.273. The van der Waals surface area contributed by atoms with E-state index in [-0.39, 0.29) is 12.1 Å². The molecular weight excluding hydrogens is 512 g/mol. The van der Waals surface area contributed by atoms with Crippen molar-refractivity contribution in [1.29, 1.82) is 5.26 Å². The molecule has 2 unspecified atom stereocenters. The first kappa shape index (κ1) is 22.1. The SMILES string of the molecule is N#CC1=C(c2ccc(Br)cc2)C2C(c3cccnc3)=NN(c3ccccc3)C2N=C1c1cccnc1. The standard InChI is InChI=1S/C29H19BrN6/c30-22-12-10-19(11-13-22)25-24(16-31)27(20-6-4-14-32-17-20)34-29-26(25)28(21-7-5-15-33-18-21)35-36(29)23-8-2-1-3-9-23/h1-15,17-18,26,29H. The van der Waals surface area contributed by atoms with Gasteiger partial charge in [-0.25, -0.2) is 5.01 Å². The summed E-state index contributed by atoms with van der Waals surface area (Å²) in [4.78, 5) is 13.8. The Morgan fingerprint density at radius 2 is 1.47 bits per heavy atom. The molecule has 2 aliphatic heterocycles. The fourth-order valence-corrected chi connectivity index (χ4v) is 5.01. The van der Waals surface area contributed by atoms with Crippen molar-refractivity contribution in [2.24, 2.45) is 16.0 Å². The highest BCUT2D eigenvalue weighted by Gasteiger charge is 2.46. The van der Waals surface area contributed by atoms with Crippen molar-refractivity contribution in [2.75, 3.05) is 5.01 Å². The van der Waals surface area contributed by atoms with Gasteiger partial charge < -0.3 is 0 Å². The Morgan fingerprint density at radius 1 is 0.778 bits per heavy atom. The molecular formula is C29H19BrN6. The molecule has 0 amide bonds. The molecule has 6 nitrogen and oxygen atoms in total. The predicted molar refractivity (Wildman–Crippen MR) is 144 cm³/mol. The number of nitriles is 1. The Hall–Kier alpha value is -4.41. The van der Waals surface area contributed by atoms with Crippen LogP contribution in [0.5, 0.6) is 0 Å². The average Bonchev–Trinajstić information content (AvgIpc) is 3.33. The first-order chi connectivity index (χ1) is 17.7. The number of aromatic nitrogens is 2. The molecule has 0 N–H and O–H groups in total. The molecule has 0 radical (unpaired) electrons. The van der Waals surface area contributed by atoms with Crippen molar-refractivity contribution < 1.29 is 0 Å². The molecule has 0 spiro atoms. The molecule has 2 aromatic carbocycles. The van der Waals surface area contributed by atoms with Crippen LogP contribution in [0.15, 0.2) is 124 Å². The van der Waals surface area contributed by atoms with Crippen LogP contribution in [0, 0.1) is 17.2 Å². The number of rotatable bonds is 4. The fraction of sp³-hybridized carbons (Fsp3) is 0.0690. The van der Waals surface area contributed by atoms with Gasteiger partial charge in [-0.3, -0.25) is 15.0 Å². The van der Waals surface area contributed by atoms with Crippen molar-refractivity contribution in [2.45, 2.75) is 6.17 Å². The van der Waals surface area contributed by atoms with Gasteiger partial charge in [-0.2, -0.15) is 10.4 Å². The van der Waals surface area contributed by atoms with Gasteiger partial charge >= 0.3 is 0 Å². The molecule has 36 heavy (non-hydrogen) atoms. The van der Waals surface area contributed by atoms with Gasteiger partial charge in [0, 0.05) is 40.4 Å². The summed E-state index contributed by atoms with van der Waals surface area (Å²) in [5, 5.41) is 17.5. The predicted octanol–water partition coefficient (Wildman–Crippen LogP) is 5.89. The van der Waals surface area contributed by atoms with E-state index >= 15 is 0 Å². The zero-order valence-corrected chi connectivity index (χ0v) is 20.6. The van der Waals surface area contributed by atoms with Crippen LogP contribution in [0.2, 0.25) is 0 Å². The molecule has 4 heterocycles. The molecule has 6 rings (SSSR count). The number of pyridine rings is 2. The van der Waals surface area contributed by atoms with E-state index < -0.39 is 0 Å². The van der Waals surface area contributed by atoms with E-state index in [1.807, 2.05) is 90.1 Å². The Morgan fingerprint density at radius 3 is 2.11 bits per heavy atom. The zero-order chi connectivity index (χ0) is 24.5. The number of para-hydroxylation sites is 1. The summed E-state index contributed by atoms with van der Waals surface area (Å²) in [6.45, 7) is 0. The van der Waals surface area contributed by atoms with E-state index in [0.717, 1.165) is 38.1 Å². The smallest absolute Gasteiger partial charge is 0.155 e. The van der Waals surface area contributed by atoms with Gasteiger partial charge in [0.25, 0.3) is 0 Å². The van der Waals surface area contributed by atoms with Crippen LogP contribution < -0.4 is 5.01 Å². The lowest BCUT2D eigenvalue weighted by Crippen LogP contribution is -2.37. The third-order valence-electron chi connectivity index (χ3n) is 6.32. The first-order valence-corrected chi connectivity index (χ1v) is 12.3. The molecule has 0 aliphatic carbocycles. The molecule has 4 aromatic rings. The number of anilines is 1. The fourth-order valence-electron chi connectivity index (χ4n) is 4.75. The van der Waals surface area contributed by atoms with Crippen LogP contribution in [0.25, 0.3) is 5.57 Å². The van der Waals surface area contributed by atoms with Crippen LogP contribution in [-0.2, 0) is 0 Å². The number of nitrogens with zero attached hydrogens (tertiary/aromatic N) is 6. The van der Waals surface area contributed by atoms with Crippen molar-refractivity contribution in [1.82, 2.24) is 9.97 Å². The molecule has 2 atom stereocenters. The number of hydrogen-bond acceptors (Lipinski definition) is 6. The van der Waals surface area contributed by atoms with E-state index in [1.54, 1.807) is 18.6 Å². The molecule has 7 heteroatoms. The molecule has 172 valence electrons. The van der Waals surface area contributed by atoms with E-state index in [4.69, 9.17) is 10.1 Å². The molecule has 2 aliphatic rings. The Labute approximate surface area is 217 Å². The Balaban J connectivity index is 1.63. The van der Waals surface area contributed by atoms with E-state index in [9.17, 15) is 5.26 Å². The summed E-state index contributed by atoms with van der Waals surface area (Å²) >= 11 is 3.54. The highest BCUT2D eigenvalue weighted by atomic mass is 79.9. The van der Waals surface area contributed by atoms with E-state index in [2.05, 4.69) is 32.0 Å². The Bertz CT molecular complexity index is 1540. The first-order valence-electron chi connectivity index (χ1n) is 11.5. The molecule has 0 fully saturated rings. The number of fused-ring (bicyclic) bond motifs is 1. The minimum atomic E-state index is -0.381. The van der Waals surface area contributed by atoms with Crippen molar-refractivity contribution in [3.05, 3.63) is 130 Å². The number of hydrazone groups is 1. The highest BCUT2D eigenvalue weighted by Crippen LogP contribution is 2.44. The van der Waals surface area contributed by atoms with Crippen LogP contribution >= 0.6 is 15.9 Å². The number of dihydropyridines is 1. The molecule has 0 saturated heterocycles. The van der Waals surface area contributed by atoms with Crippen LogP contribution in [0.4, 0.5) is 5.69 Å². The summed E-state index contributed by atoms with van der Waals surface area (Å²) in [6.07, 6.45) is 6.65. The maximum absolute atomic E-state index is 10.5. The lowest BCUT2D eigenvalue weighted by atomic mass is 9.78. The maximum atomic E-state index is 10.5. The van der Waals surface area contributed by atoms with E-state index in [0.29, 0.717) is 11.3 Å². The summed E-state index contributed by atoms with van der Waals surface area (Å²) in [5.74, 6) is -0.273. The topological polar surface area (TPSA) is 77.5 Å². The van der Waals surface area contributed by atoms with Gasteiger partial charge in [-0.15, -0.1) is 0 Å². The van der Waals surface area contributed by atoms with Gasteiger partial charge in [0.15, 0.2) is 6.17 Å². The largest absolute Gasteiger partial charge is 0.264 e. The van der Waals surface area contributed by atoms with Crippen molar-refractivity contribution in [3.8, 4) is 6.07 Å². The van der Waals surface area contributed by atoms with Crippen LogP contribution in [0.1, 0.15) is 16.7 Å². The third kappa shape index (κ3) is 3.82. The van der Waals surface area contributed by atoms with Gasteiger partial charge in [0.05, 0.1) is 28.6 Å². The molecule has 0 saturated carbocycles. The Kier molecular flexibility index (Phi) is 5.72.